The fourth-order valence-electron chi connectivity index (χ4n) is 3.03. The van der Waals surface area contributed by atoms with Gasteiger partial charge in [-0.3, -0.25) is 4.79 Å². The number of hydrogen-bond donors (Lipinski definition) is 2. The van der Waals surface area contributed by atoms with Crippen LogP contribution in [0.3, 0.4) is 0 Å². The highest BCUT2D eigenvalue weighted by Crippen LogP contribution is 2.51. The molecule has 1 heterocycles. The second kappa shape index (κ2) is 3.76. The molecule has 1 saturated heterocycles. The van der Waals surface area contributed by atoms with Crippen molar-refractivity contribution in [3.8, 4) is 0 Å². The Bertz CT molecular complexity index is 265. The van der Waals surface area contributed by atoms with E-state index in [-0.39, 0.29) is 11.3 Å². The molecule has 0 aromatic rings. The SMILES string of the molecule is CNC(=O)CNC1C2CCOC2C1(C)C. The summed E-state index contributed by atoms with van der Waals surface area (Å²) < 4.78 is 5.69. The van der Waals surface area contributed by atoms with E-state index < -0.39 is 0 Å². The summed E-state index contributed by atoms with van der Waals surface area (Å²) in [6.07, 6.45) is 1.51. The molecule has 86 valence electrons. The van der Waals surface area contributed by atoms with Crippen LogP contribution in [-0.2, 0) is 9.53 Å². The molecule has 1 aliphatic carbocycles. The summed E-state index contributed by atoms with van der Waals surface area (Å²) >= 11 is 0. The van der Waals surface area contributed by atoms with E-state index in [9.17, 15) is 4.79 Å². The van der Waals surface area contributed by atoms with E-state index in [0.29, 0.717) is 24.6 Å². The van der Waals surface area contributed by atoms with Gasteiger partial charge in [0.05, 0.1) is 12.6 Å². The fraction of sp³-hybridized carbons (Fsp3) is 0.909. The van der Waals surface area contributed by atoms with Crippen molar-refractivity contribution in [2.75, 3.05) is 20.2 Å². The van der Waals surface area contributed by atoms with E-state index in [1.165, 1.54) is 0 Å². The number of likely N-dealkylation sites (N-methyl/N-ethyl adjacent to an activating group) is 1. The minimum absolute atomic E-state index is 0.0492. The molecular formula is C11H20N2O2. The quantitative estimate of drug-likeness (QED) is 0.699. The zero-order valence-corrected chi connectivity index (χ0v) is 9.67. The molecule has 4 heteroatoms. The van der Waals surface area contributed by atoms with Gasteiger partial charge in [0.1, 0.15) is 0 Å². The first-order valence-electron chi connectivity index (χ1n) is 5.63. The topological polar surface area (TPSA) is 50.4 Å². The summed E-state index contributed by atoms with van der Waals surface area (Å²) in [6.45, 7) is 5.70. The van der Waals surface area contributed by atoms with E-state index in [1.54, 1.807) is 7.05 Å². The molecule has 2 aliphatic rings. The predicted octanol–water partition coefficient (Wildman–Crippen LogP) is 0.135. The fourth-order valence-corrected chi connectivity index (χ4v) is 3.03. The van der Waals surface area contributed by atoms with E-state index in [1.807, 2.05) is 0 Å². The zero-order chi connectivity index (χ0) is 11.1. The van der Waals surface area contributed by atoms with Gasteiger partial charge in [-0.05, 0) is 6.42 Å². The van der Waals surface area contributed by atoms with Crippen LogP contribution < -0.4 is 10.6 Å². The molecule has 0 radical (unpaired) electrons. The lowest BCUT2D eigenvalue weighted by Crippen LogP contribution is -2.66. The normalized spacial score (nSPS) is 36.9. The van der Waals surface area contributed by atoms with Crippen LogP contribution in [0.4, 0.5) is 0 Å². The van der Waals surface area contributed by atoms with Crippen molar-refractivity contribution in [2.45, 2.75) is 32.4 Å². The average Bonchev–Trinajstić information content (AvgIpc) is 2.63. The molecule has 0 spiro atoms. The Labute approximate surface area is 90.8 Å². The Morgan fingerprint density at radius 2 is 2.27 bits per heavy atom. The third-order valence-electron chi connectivity index (χ3n) is 3.86. The number of carbonyl (C=O) groups is 1. The van der Waals surface area contributed by atoms with Gasteiger partial charge in [0.2, 0.25) is 5.91 Å². The van der Waals surface area contributed by atoms with Crippen LogP contribution in [0.1, 0.15) is 20.3 Å². The zero-order valence-electron chi connectivity index (χ0n) is 9.67. The minimum Gasteiger partial charge on any atom is -0.377 e. The lowest BCUT2D eigenvalue weighted by Gasteiger charge is -2.54. The highest BCUT2D eigenvalue weighted by Gasteiger charge is 2.58. The Kier molecular flexibility index (Phi) is 2.73. The van der Waals surface area contributed by atoms with Gasteiger partial charge in [0.15, 0.2) is 0 Å². The molecule has 0 bridgehead atoms. The molecule has 2 N–H and O–H groups in total. The number of hydrogen-bond acceptors (Lipinski definition) is 3. The van der Waals surface area contributed by atoms with E-state index in [4.69, 9.17) is 4.74 Å². The van der Waals surface area contributed by atoms with Crippen molar-refractivity contribution < 1.29 is 9.53 Å². The molecule has 1 aliphatic heterocycles. The Hall–Kier alpha value is -0.610. The third-order valence-corrected chi connectivity index (χ3v) is 3.86. The van der Waals surface area contributed by atoms with E-state index >= 15 is 0 Å². The van der Waals surface area contributed by atoms with Gasteiger partial charge in [0.25, 0.3) is 0 Å². The van der Waals surface area contributed by atoms with Crippen LogP contribution in [0.25, 0.3) is 0 Å². The number of ether oxygens (including phenoxy) is 1. The molecule has 0 aromatic heterocycles. The van der Waals surface area contributed by atoms with Gasteiger partial charge >= 0.3 is 0 Å². The van der Waals surface area contributed by atoms with Crippen molar-refractivity contribution in [2.24, 2.45) is 11.3 Å². The minimum atomic E-state index is 0.0492. The first kappa shape index (κ1) is 10.9. The molecule has 15 heavy (non-hydrogen) atoms. The number of rotatable bonds is 3. The highest BCUT2D eigenvalue weighted by molar-refractivity contribution is 5.77. The van der Waals surface area contributed by atoms with Crippen LogP contribution in [0, 0.1) is 11.3 Å². The van der Waals surface area contributed by atoms with E-state index in [0.717, 1.165) is 13.0 Å². The lowest BCUT2D eigenvalue weighted by molar-refractivity contribution is -0.126. The van der Waals surface area contributed by atoms with Crippen LogP contribution in [0.5, 0.6) is 0 Å². The lowest BCUT2D eigenvalue weighted by atomic mass is 9.57. The molecule has 3 atom stereocenters. The molecule has 4 nitrogen and oxygen atoms in total. The van der Waals surface area contributed by atoms with Crippen molar-refractivity contribution in [3.63, 3.8) is 0 Å². The van der Waals surface area contributed by atoms with Gasteiger partial charge in [-0.2, -0.15) is 0 Å². The molecule has 1 saturated carbocycles. The maximum Gasteiger partial charge on any atom is 0.233 e. The van der Waals surface area contributed by atoms with Crippen LogP contribution >= 0.6 is 0 Å². The largest absolute Gasteiger partial charge is 0.377 e. The number of amides is 1. The molecule has 1 amide bonds. The maximum atomic E-state index is 11.2. The number of fused-ring (bicyclic) bond motifs is 1. The second-order valence-electron chi connectivity index (χ2n) is 5.10. The number of carbonyl (C=O) groups excluding carboxylic acids is 1. The summed E-state index contributed by atoms with van der Waals surface area (Å²) in [6, 6.07) is 0.419. The average molecular weight is 212 g/mol. The van der Waals surface area contributed by atoms with Crippen LogP contribution in [0.15, 0.2) is 0 Å². The van der Waals surface area contributed by atoms with Gasteiger partial charge in [0, 0.05) is 31.0 Å². The smallest absolute Gasteiger partial charge is 0.233 e. The van der Waals surface area contributed by atoms with Gasteiger partial charge in [-0.25, -0.2) is 0 Å². The molecule has 0 aromatic carbocycles. The molecule has 3 unspecified atom stereocenters. The number of nitrogens with one attached hydrogen (secondary N) is 2. The first-order chi connectivity index (χ1) is 7.07. The van der Waals surface area contributed by atoms with Crippen molar-refractivity contribution in [1.29, 1.82) is 0 Å². The molecule has 2 rings (SSSR count). The van der Waals surface area contributed by atoms with Gasteiger partial charge < -0.3 is 15.4 Å². The monoisotopic (exact) mass is 212 g/mol. The van der Waals surface area contributed by atoms with Gasteiger partial charge in [-0.1, -0.05) is 13.8 Å². The molecule has 2 fully saturated rings. The van der Waals surface area contributed by atoms with Crippen LogP contribution in [-0.4, -0.2) is 38.3 Å². The Morgan fingerprint density at radius 1 is 1.53 bits per heavy atom. The Balaban J connectivity index is 1.90. The predicted molar refractivity (Wildman–Crippen MR) is 57.5 cm³/mol. The first-order valence-corrected chi connectivity index (χ1v) is 5.63. The summed E-state index contributed by atoms with van der Waals surface area (Å²) in [5, 5.41) is 5.96. The highest BCUT2D eigenvalue weighted by atomic mass is 16.5. The maximum absolute atomic E-state index is 11.2. The third kappa shape index (κ3) is 1.66. The molecular weight excluding hydrogens is 192 g/mol. The van der Waals surface area contributed by atoms with Gasteiger partial charge in [-0.15, -0.1) is 0 Å². The Morgan fingerprint density at radius 3 is 2.93 bits per heavy atom. The van der Waals surface area contributed by atoms with Crippen molar-refractivity contribution in [1.82, 2.24) is 10.6 Å². The summed E-state index contributed by atoms with van der Waals surface area (Å²) in [5.74, 6) is 0.651. The van der Waals surface area contributed by atoms with E-state index in [2.05, 4.69) is 24.5 Å². The van der Waals surface area contributed by atoms with Crippen molar-refractivity contribution >= 4 is 5.91 Å². The standard InChI is InChI=1S/C11H20N2O2/c1-11(2)9(13-6-8(14)12-3)7-4-5-15-10(7)11/h7,9-10,13H,4-6H2,1-3H3,(H,12,14). The summed E-state index contributed by atoms with van der Waals surface area (Å²) in [5.41, 5.74) is 0.162. The second-order valence-corrected chi connectivity index (χ2v) is 5.10. The van der Waals surface area contributed by atoms with Crippen LogP contribution in [0.2, 0.25) is 0 Å². The van der Waals surface area contributed by atoms with Crippen molar-refractivity contribution in [3.05, 3.63) is 0 Å². The summed E-state index contributed by atoms with van der Waals surface area (Å²) in [7, 11) is 1.66. The summed E-state index contributed by atoms with van der Waals surface area (Å²) in [4.78, 5) is 11.2.